The number of ketones is 2. The predicted octanol–water partition coefficient (Wildman–Crippen LogP) is 3.47. The van der Waals surface area contributed by atoms with Crippen molar-refractivity contribution in [3.63, 3.8) is 0 Å². The molecule has 0 radical (unpaired) electrons. The van der Waals surface area contributed by atoms with Crippen molar-refractivity contribution in [3.8, 4) is 0 Å². The fourth-order valence-electron chi connectivity index (χ4n) is 3.33. The Morgan fingerprint density at radius 3 is 1.82 bits per heavy atom. The second-order valence-corrected chi connectivity index (χ2v) is 6.71. The number of nitro benzene ring substituents is 1. The Hall–Kier alpha value is -3.29. The average molecular weight is 385 g/mol. The molecular formula is C20H20FN3O4. The molecule has 1 heterocycles. The third kappa shape index (κ3) is 3.85. The second kappa shape index (κ2) is 7.75. The van der Waals surface area contributed by atoms with Crippen molar-refractivity contribution in [1.82, 2.24) is 0 Å². The lowest BCUT2D eigenvalue weighted by Gasteiger charge is -2.37. The maximum absolute atomic E-state index is 14.4. The maximum Gasteiger partial charge on any atom is 0.293 e. The van der Waals surface area contributed by atoms with Gasteiger partial charge in [0.2, 0.25) is 0 Å². The Morgan fingerprint density at radius 2 is 1.36 bits per heavy atom. The minimum atomic E-state index is -0.492. The van der Waals surface area contributed by atoms with Crippen molar-refractivity contribution >= 4 is 28.6 Å². The molecule has 0 N–H and O–H groups in total. The van der Waals surface area contributed by atoms with Crippen LogP contribution >= 0.6 is 0 Å². The fraction of sp³-hybridized carbons (Fsp3) is 0.300. The first-order valence-corrected chi connectivity index (χ1v) is 8.87. The SMILES string of the molecule is CC(=O)c1ccc(N2CCN(c3ccc(C(C)=O)cc3[N+](=O)[O-])CC2)c(F)c1. The minimum Gasteiger partial charge on any atom is -0.366 e. The van der Waals surface area contributed by atoms with Crippen LogP contribution in [0.2, 0.25) is 0 Å². The highest BCUT2D eigenvalue weighted by Gasteiger charge is 2.25. The maximum atomic E-state index is 14.4. The smallest absolute Gasteiger partial charge is 0.293 e. The van der Waals surface area contributed by atoms with Gasteiger partial charge in [0, 0.05) is 43.4 Å². The summed E-state index contributed by atoms with van der Waals surface area (Å²) in [5.41, 5.74) is 1.36. The van der Waals surface area contributed by atoms with E-state index < -0.39 is 10.7 Å². The number of anilines is 2. The van der Waals surface area contributed by atoms with E-state index in [9.17, 15) is 24.1 Å². The second-order valence-electron chi connectivity index (χ2n) is 6.71. The van der Waals surface area contributed by atoms with E-state index in [4.69, 9.17) is 0 Å². The van der Waals surface area contributed by atoms with Crippen LogP contribution < -0.4 is 9.80 Å². The van der Waals surface area contributed by atoms with Gasteiger partial charge >= 0.3 is 0 Å². The lowest BCUT2D eigenvalue weighted by Crippen LogP contribution is -2.47. The number of halogens is 1. The lowest BCUT2D eigenvalue weighted by molar-refractivity contribution is -0.384. The molecule has 3 rings (SSSR count). The molecule has 7 nitrogen and oxygen atoms in total. The molecule has 0 saturated carbocycles. The average Bonchev–Trinajstić information content (AvgIpc) is 2.67. The summed E-state index contributed by atoms with van der Waals surface area (Å²) in [7, 11) is 0. The van der Waals surface area contributed by atoms with Crippen LogP contribution in [0.4, 0.5) is 21.5 Å². The molecule has 0 unspecified atom stereocenters. The van der Waals surface area contributed by atoms with Crippen molar-refractivity contribution in [2.75, 3.05) is 36.0 Å². The summed E-state index contributed by atoms with van der Waals surface area (Å²) in [6.45, 7) is 4.63. The molecule has 0 aromatic heterocycles. The van der Waals surface area contributed by atoms with Gasteiger partial charge in [-0.25, -0.2) is 4.39 Å². The largest absolute Gasteiger partial charge is 0.366 e. The molecule has 0 aliphatic carbocycles. The number of hydrogen-bond acceptors (Lipinski definition) is 6. The van der Waals surface area contributed by atoms with Crippen LogP contribution in [0.25, 0.3) is 0 Å². The standard InChI is InChI=1S/C20H20FN3O4/c1-13(25)15-3-5-18(17(21)11-15)22-7-9-23(10-8-22)19-6-4-16(14(2)26)12-20(19)24(27)28/h3-6,11-12H,7-10H2,1-2H3. The molecule has 146 valence electrons. The molecule has 1 fully saturated rings. The summed E-state index contributed by atoms with van der Waals surface area (Å²) >= 11 is 0. The number of nitrogens with zero attached hydrogens (tertiary/aromatic N) is 3. The lowest BCUT2D eigenvalue weighted by atomic mass is 10.1. The number of nitro groups is 1. The van der Waals surface area contributed by atoms with Crippen molar-refractivity contribution in [2.45, 2.75) is 13.8 Å². The van der Waals surface area contributed by atoms with Gasteiger partial charge in [-0.15, -0.1) is 0 Å². The van der Waals surface area contributed by atoms with Crippen LogP contribution in [-0.2, 0) is 0 Å². The zero-order valence-corrected chi connectivity index (χ0v) is 15.6. The number of Topliss-reactive ketones (excluding diaryl/α,β-unsaturated/α-hetero) is 2. The molecular weight excluding hydrogens is 365 g/mol. The highest BCUT2D eigenvalue weighted by Crippen LogP contribution is 2.31. The Balaban J connectivity index is 1.78. The van der Waals surface area contributed by atoms with E-state index in [2.05, 4.69) is 0 Å². The third-order valence-electron chi connectivity index (χ3n) is 4.89. The van der Waals surface area contributed by atoms with Gasteiger partial charge in [-0.3, -0.25) is 19.7 Å². The van der Waals surface area contributed by atoms with Gasteiger partial charge in [-0.2, -0.15) is 0 Å². The zero-order valence-electron chi connectivity index (χ0n) is 15.6. The van der Waals surface area contributed by atoms with Crippen LogP contribution in [0.5, 0.6) is 0 Å². The summed E-state index contributed by atoms with van der Waals surface area (Å²) in [5.74, 6) is -0.890. The van der Waals surface area contributed by atoms with E-state index in [1.165, 1.54) is 26.0 Å². The van der Waals surface area contributed by atoms with E-state index in [0.29, 0.717) is 48.7 Å². The summed E-state index contributed by atoms with van der Waals surface area (Å²) in [4.78, 5) is 37.5. The molecule has 1 saturated heterocycles. The summed E-state index contributed by atoms with van der Waals surface area (Å²) < 4.78 is 14.4. The highest BCUT2D eigenvalue weighted by molar-refractivity contribution is 5.95. The van der Waals surface area contributed by atoms with Crippen LogP contribution in [0.3, 0.4) is 0 Å². The number of carbonyl (C=O) groups is 2. The number of carbonyl (C=O) groups excluding carboxylic acids is 2. The van der Waals surface area contributed by atoms with Crippen molar-refractivity contribution in [1.29, 1.82) is 0 Å². The molecule has 28 heavy (non-hydrogen) atoms. The number of piperazine rings is 1. The Kier molecular flexibility index (Phi) is 5.39. The van der Waals surface area contributed by atoms with Gasteiger partial charge in [0.1, 0.15) is 11.5 Å². The van der Waals surface area contributed by atoms with Crippen molar-refractivity contribution in [3.05, 3.63) is 63.5 Å². The van der Waals surface area contributed by atoms with Gasteiger partial charge < -0.3 is 9.80 Å². The third-order valence-corrected chi connectivity index (χ3v) is 4.89. The normalized spacial score (nSPS) is 14.1. The highest BCUT2D eigenvalue weighted by atomic mass is 19.1. The first-order valence-electron chi connectivity index (χ1n) is 8.87. The van der Waals surface area contributed by atoms with Crippen LogP contribution in [-0.4, -0.2) is 42.7 Å². The molecule has 1 aliphatic rings. The first-order chi connectivity index (χ1) is 13.3. The molecule has 8 heteroatoms. The van der Waals surface area contributed by atoms with Crippen LogP contribution in [0, 0.1) is 15.9 Å². The van der Waals surface area contributed by atoms with Crippen LogP contribution in [0.15, 0.2) is 36.4 Å². The van der Waals surface area contributed by atoms with Gasteiger partial charge in [0.25, 0.3) is 5.69 Å². The van der Waals surface area contributed by atoms with Crippen molar-refractivity contribution < 1.29 is 18.9 Å². The van der Waals surface area contributed by atoms with E-state index in [1.807, 2.05) is 9.80 Å². The molecule has 0 bridgehead atoms. The van der Waals surface area contributed by atoms with E-state index in [-0.39, 0.29) is 17.3 Å². The van der Waals surface area contributed by atoms with Gasteiger partial charge in [0.15, 0.2) is 11.6 Å². The zero-order chi connectivity index (χ0) is 20.4. The summed E-state index contributed by atoms with van der Waals surface area (Å²) in [5, 5.41) is 11.4. The number of hydrogen-bond donors (Lipinski definition) is 0. The van der Waals surface area contributed by atoms with Gasteiger partial charge in [0.05, 0.1) is 10.6 Å². The molecule has 0 amide bonds. The minimum absolute atomic E-state index is 0.113. The van der Waals surface area contributed by atoms with Crippen LogP contribution in [0.1, 0.15) is 34.6 Å². The van der Waals surface area contributed by atoms with Gasteiger partial charge in [-0.05, 0) is 44.2 Å². The van der Waals surface area contributed by atoms with Crippen molar-refractivity contribution in [2.24, 2.45) is 0 Å². The predicted molar refractivity (Wildman–Crippen MR) is 104 cm³/mol. The monoisotopic (exact) mass is 385 g/mol. The Labute approximate surface area is 161 Å². The van der Waals surface area contributed by atoms with E-state index in [1.54, 1.807) is 24.3 Å². The molecule has 2 aromatic rings. The molecule has 2 aromatic carbocycles. The van der Waals surface area contributed by atoms with E-state index >= 15 is 0 Å². The summed E-state index contributed by atoms with van der Waals surface area (Å²) in [6, 6.07) is 8.88. The topological polar surface area (TPSA) is 83.8 Å². The molecule has 1 aliphatic heterocycles. The number of benzene rings is 2. The fourth-order valence-corrected chi connectivity index (χ4v) is 3.33. The Bertz CT molecular complexity index is 952. The van der Waals surface area contributed by atoms with E-state index in [0.717, 1.165) is 0 Å². The number of rotatable bonds is 5. The first kappa shape index (κ1) is 19.5. The summed E-state index contributed by atoms with van der Waals surface area (Å²) in [6.07, 6.45) is 0. The van der Waals surface area contributed by atoms with Gasteiger partial charge in [-0.1, -0.05) is 0 Å². The molecule has 0 spiro atoms. The molecule has 0 atom stereocenters. The quantitative estimate of drug-likeness (QED) is 0.445. The Morgan fingerprint density at radius 1 is 0.893 bits per heavy atom.